The number of nitrogen functional groups attached to an aromatic ring is 1. The summed E-state index contributed by atoms with van der Waals surface area (Å²) in [6.07, 6.45) is -1.43. The average Bonchev–Trinajstić information content (AvgIpc) is 3.65. The van der Waals surface area contributed by atoms with Crippen LogP contribution in [0.5, 0.6) is 0 Å². The Morgan fingerprint density at radius 1 is 1.22 bits per heavy atom. The molecule has 0 spiro atoms. The number of aliphatic carboxylic acids is 2. The van der Waals surface area contributed by atoms with Crippen LogP contribution in [0.4, 0.5) is 9.93 Å². The monoisotopic (exact) mass is 741 g/mol. The Morgan fingerprint density at radius 3 is 2.57 bits per heavy atom. The van der Waals surface area contributed by atoms with Gasteiger partial charge in [0.15, 0.2) is 5.13 Å². The number of thioether (sulfide) groups is 2. The number of carboxylic acid groups (broad SMARTS) is 2. The molecule has 1 saturated heterocycles. The number of β-lactam (4-membered cyclic amide) rings is 1. The molecule has 1 fully saturated rings. The number of fused-ring (bicyclic) bond motifs is 1. The number of nitrogens with one attached hydrogen (secondary N) is 2. The van der Waals surface area contributed by atoms with E-state index in [4.69, 9.17) is 15.3 Å². The molecular formula is C26H35N11O9S3. The number of alkyl carbamates (subject to hydrolysis) is 1. The van der Waals surface area contributed by atoms with E-state index in [0.717, 1.165) is 16.4 Å². The number of hydrogen-bond acceptors (Lipinski definition) is 17. The highest BCUT2D eigenvalue weighted by Gasteiger charge is 2.54. The van der Waals surface area contributed by atoms with Crippen LogP contribution in [0.3, 0.4) is 0 Å². The molecule has 4 rings (SSSR count). The molecule has 2 aliphatic heterocycles. The Hall–Kier alpha value is -4.51. The molecule has 0 saturated carbocycles. The number of tetrazole rings is 1. The molecule has 266 valence electrons. The first-order chi connectivity index (χ1) is 23.1. The number of aromatic nitrogens is 6. The van der Waals surface area contributed by atoms with Crippen LogP contribution in [0, 0.1) is 5.92 Å². The first-order valence-electron chi connectivity index (χ1n) is 14.7. The van der Waals surface area contributed by atoms with Gasteiger partial charge in [0.2, 0.25) is 22.8 Å². The minimum atomic E-state index is -1.39. The van der Waals surface area contributed by atoms with Crippen molar-refractivity contribution < 1.29 is 43.8 Å². The van der Waals surface area contributed by atoms with Gasteiger partial charge in [-0.25, -0.2) is 19.1 Å². The Balaban J connectivity index is 1.40. The molecule has 3 atom stereocenters. The molecule has 2 unspecified atom stereocenters. The van der Waals surface area contributed by atoms with Crippen LogP contribution in [0.25, 0.3) is 0 Å². The topological polar surface area (TPSA) is 279 Å². The molecule has 2 aliphatic rings. The van der Waals surface area contributed by atoms with Crippen molar-refractivity contribution in [3.05, 3.63) is 17.1 Å². The fourth-order valence-electron chi connectivity index (χ4n) is 4.41. The Kier molecular flexibility index (Phi) is 12.0. The molecule has 2 aromatic rings. The number of oxime groups is 1. The van der Waals surface area contributed by atoms with Gasteiger partial charge in [0, 0.05) is 42.0 Å². The van der Waals surface area contributed by atoms with E-state index in [1.54, 1.807) is 34.6 Å². The van der Waals surface area contributed by atoms with Gasteiger partial charge < -0.3 is 36.2 Å². The minimum Gasteiger partial charge on any atom is -0.478 e. The zero-order valence-corrected chi connectivity index (χ0v) is 29.4. The van der Waals surface area contributed by atoms with Gasteiger partial charge in [-0.3, -0.25) is 14.5 Å². The fraction of sp³-hybridized carbons (Fsp3) is 0.577. The lowest BCUT2D eigenvalue weighted by molar-refractivity contribution is -0.153. The van der Waals surface area contributed by atoms with E-state index >= 15 is 0 Å². The zero-order chi connectivity index (χ0) is 36.0. The standard InChI is InChI=1S/C26H35N11O9S3/c1-11(2)16(22(42)43)46-32-13(17-30-23(27)49-33-17)18(38)29-14-19(39)37-15(21(40)41)12(9-47-20(14)37)10-48-24-31-34-35-36(24)8-6-7-28-25(44)45-26(3,4)5/h11,14,16,20H,6-10H2,1-5H3,(H,28,44)(H,29,38)(H,40,41)(H,42,43)(H2,27,30,33)/t14?,16?,20-/m0/s1. The highest BCUT2D eigenvalue weighted by atomic mass is 32.2. The molecule has 6 N–H and O–H groups in total. The number of aryl methyl sites for hydroxylation is 1. The highest BCUT2D eigenvalue weighted by Crippen LogP contribution is 2.41. The van der Waals surface area contributed by atoms with E-state index in [2.05, 4.69) is 40.7 Å². The maximum absolute atomic E-state index is 13.3. The van der Waals surface area contributed by atoms with Gasteiger partial charge in [-0.1, -0.05) is 30.8 Å². The third-order valence-corrected chi connectivity index (χ3v) is 9.53. The summed E-state index contributed by atoms with van der Waals surface area (Å²) in [4.78, 5) is 72.6. The number of carboxylic acids is 2. The Morgan fingerprint density at radius 2 is 1.96 bits per heavy atom. The highest BCUT2D eigenvalue weighted by molar-refractivity contribution is 8.01. The predicted molar refractivity (Wildman–Crippen MR) is 175 cm³/mol. The lowest BCUT2D eigenvalue weighted by atomic mass is 10.0. The molecule has 0 aliphatic carbocycles. The zero-order valence-electron chi connectivity index (χ0n) is 27.0. The van der Waals surface area contributed by atoms with Crippen LogP contribution in [-0.4, -0.2) is 121 Å². The number of ether oxygens (including phenoxy) is 1. The summed E-state index contributed by atoms with van der Waals surface area (Å²) >= 11 is 3.20. The van der Waals surface area contributed by atoms with E-state index < -0.39 is 64.6 Å². The molecule has 0 aromatic carbocycles. The van der Waals surface area contributed by atoms with Gasteiger partial charge >= 0.3 is 18.0 Å². The van der Waals surface area contributed by atoms with Crippen LogP contribution in [0.15, 0.2) is 21.6 Å². The van der Waals surface area contributed by atoms with Gasteiger partial charge in [-0.2, -0.15) is 9.36 Å². The summed E-state index contributed by atoms with van der Waals surface area (Å²) in [5.74, 6) is -4.61. The molecule has 4 heterocycles. The minimum absolute atomic E-state index is 0.00810. The number of nitrogens with zero attached hydrogens (tertiary/aromatic N) is 8. The largest absolute Gasteiger partial charge is 0.478 e. The summed E-state index contributed by atoms with van der Waals surface area (Å²) in [5.41, 5.74) is 4.77. The maximum atomic E-state index is 13.3. The van der Waals surface area contributed by atoms with Crippen molar-refractivity contribution >= 4 is 75.7 Å². The van der Waals surface area contributed by atoms with Crippen LogP contribution < -0.4 is 16.4 Å². The Labute approximate surface area is 291 Å². The molecular weight excluding hydrogens is 707 g/mol. The lowest BCUT2D eigenvalue weighted by Gasteiger charge is -2.49. The van der Waals surface area contributed by atoms with Crippen molar-refractivity contribution in [1.29, 1.82) is 0 Å². The number of rotatable bonds is 15. The van der Waals surface area contributed by atoms with E-state index in [1.807, 2.05) is 0 Å². The van der Waals surface area contributed by atoms with Crippen LogP contribution >= 0.6 is 35.1 Å². The summed E-state index contributed by atoms with van der Waals surface area (Å²) in [7, 11) is 0. The van der Waals surface area contributed by atoms with Crippen molar-refractivity contribution in [2.75, 3.05) is 23.8 Å². The molecule has 2 aromatic heterocycles. The smallest absolute Gasteiger partial charge is 0.407 e. The van der Waals surface area contributed by atoms with Gasteiger partial charge in [-0.15, -0.1) is 16.9 Å². The van der Waals surface area contributed by atoms with Crippen LogP contribution in [0.2, 0.25) is 0 Å². The number of amides is 3. The molecule has 20 nitrogen and oxygen atoms in total. The number of carbonyl (C=O) groups excluding carboxylic acids is 3. The van der Waals surface area contributed by atoms with Crippen molar-refractivity contribution in [2.24, 2.45) is 11.1 Å². The van der Waals surface area contributed by atoms with Crippen LogP contribution in [-0.2, 0) is 35.3 Å². The van der Waals surface area contributed by atoms with Gasteiger partial charge in [0.05, 0.1) is 0 Å². The van der Waals surface area contributed by atoms with E-state index in [9.17, 15) is 34.2 Å². The molecule has 0 radical (unpaired) electrons. The SMILES string of the molecule is CC(C)C(ON=C(C(=O)NC1C(=O)N2C(C(=O)O)=C(CSc3nnnn3CCCNC(=O)OC(C)(C)C)CS[C@@H]12)c1nsc(N)n1)C(=O)O. The second-order valence-corrected chi connectivity index (χ2v) is 14.7. The van der Waals surface area contributed by atoms with Crippen molar-refractivity contribution in [1.82, 2.24) is 45.1 Å². The van der Waals surface area contributed by atoms with Gasteiger partial charge in [0.25, 0.3) is 11.8 Å². The Bertz CT molecular complexity index is 1650. The fourth-order valence-corrected chi connectivity index (χ4v) is 7.23. The van der Waals surface area contributed by atoms with Crippen molar-refractivity contribution in [2.45, 2.75) is 75.9 Å². The van der Waals surface area contributed by atoms with Crippen molar-refractivity contribution in [3.8, 4) is 0 Å². The molecule has 3 amide bonds. The maximum Gasteiger partial charge on any atom is 0.407 e. The summed E-state index contributed by atoms with van der Waals surface area (Å²) in [6, 6.07) is -1.14. The summed E-state index contributed by atoms with van der Waals surface area (Å²) in [6.45, 7) is 9.15. The third kappa shape index (κ3) is 9.35. The van der Waals surface area contributed by atoms with E-state index in [0.29, 0.717) is 30.2 Å². The van der Waals surface area contributed by atoms with E-state index in [-0.39, 0.29) is 28.2 Å². The molecule has 0 bridgehead atoms. The van der Waals surface area contributed by atoms with Gasteiger partial charge in [-0.05, 0) is 43.2 Å². The first-order valence-corrected chi connectivity index (χ1v) is 17.5. The second kappa shape index (κ2) is 15.8. The average molecular weight is 742 g/mol. The number of anilines is 1. The number of nitrogens with two attached hydrogens (primary N) is 1. The molecule has 23 heteroatoms. The summed E-state index contributed by atoms with van der Waals surface area (Å²) in [5, 5.41) is 39.7. The van der Waals surface area contributed by atoms with Crippen molar-refractivity contribution in [3.63, 3.8) is 0 Å². The first kappa shape index (κ1) is 37.3. The number of carbonyl (C=O) groups is 5. The van der Waals surface area contributed by atoms with Crippen LogP contribution in [0.1, 0.15) is 46.9 Å². The third-order valence-electron chi connectivity index (χ3n) is 6.60. The van der Waals surface area contributed by atoms with E-state index in [1.165, 1.54) is 28.2 Å². The predicted octanol–water partition coefficient (Wildman–Crippen LogP) is 0.382. The molecule has 49 heavy (non-hydrogen) atoms. The summed E-state index contributed by atoms with van der Waals surface area (Å²) < 4.78 is 10.7. The normalized spacial score (nSPS) is 18.4. The van der Waals surface area contributed by atoms with Gasteiger partial charge in [0.1, 0.15) is 22.7 Å². The second-order valence-electron chi connectivity index (χ2n) is 11.9. The number of hydrogen-bond donors (Lipinski definition) is 5. The quantitative estimate of drug-likeness (QED) is 0.0542. The lowest BCUT2D eigenvalue weighted by Crippen LogP contribution is -2.71.